The van der Waals surface area contributed by atoms with Gasteiger partial charge in [0.15, 0.2) is 0 Å². The minimum atomic E-state index is -0.764. The molecule has 106 valence electrons. The molecule has 4 nitrogen and oxygen atoms in total. The molecule has 1 aromatic rings. The first-order valence-corrected chi connectivity index (χ1v) is 6.24. The van der Waals surface area contributed by atoms with Crippen LogP contribution in [0.2, 0.25) is 0 Å². The van der Waals surface area contributed by atoms with Crippen LogP contribution in [0, 0.1) is 18.3 Å². The molecule has 0 fully saturated rings. The number of likely N-dealkylation sites (N-methyl/N-ethyl adjacent to an activating group) is 1. The zero-order valence-electron chi connectivity index (χ0n) is 12.4. The van der Waals surface area contributed by atoms with Gasteiger partial charge in [-0.2, -0.15) is 5.26 Å². The highest BCUT2D eigenvalue weighted by Gasteiger charge is 2.18. The average molecular weight is 264 g/mol. The highest BCUT2D eigenvalue weighted by molar-refractivity contribution is 5.74. The zero-order valence-corrected chi connectivity index (χ0v) is 12.4. The molecule has 1 aromatic carbocycles. The van der Waals surface area contributed by atoms with Gasteiger partial charge >= 0.3 is 0 Å². The monoisotopic (exact) mass is 264 g/mol. The number of nitrogens with zero attached hydrogens (tertiary/aromatic N) is 1. The van der Waals surface area contributed by atoms with E-state index in [1.54, 1.807) is 14.0 Å². The minimum Gasteiger partial charge on any atom is -0.393 e. The van der Waals surface area contributed by atoms with Crippen molar-refractivity contribution in [2.24, 2.45) is 0 Å². The van der Waals surface area contributed by atoms with Gasteiger partial charge in [-0.05, 0) is 20.9 Å². The maximum atomic E-state index is 10.1. The first-order valence-electron chi connectivity index (χ1n) is 6.24. The Bertz CT molecular complexity index is 376. The highest BCUT2D eigenvalue weighted by Crippen LogP contribution is 1.99. The molecule has 1 unspecified atom stereocenters. The van der Waals surface area contributed by atoms with E-state index in [4.69, 9.17) is 10.4 Å². The minimum absolute atomic E-state index is 0.153. The van der Waals surface area contributed by atoms with Gasteiger partial charge in [0.1, 0.15) is 11.8 Å². The maximum Gasteiger partial charge on any atom is 0.150 e. The van der Waals surface area contributed by atoms with Crippen LogP contribution in [0.15, 0.2) is 24.3 Å². The first kappa shape index (κ1) is 19.6. The van der Waals surface area contributed by atoms with E-state index >= 15 is 0 Å². The Labute approximate surface area is 116 Å². The van der Waals surface area contributed by atoms with E-state index in [9.17, 15) is 4.79 Å². The van der Waals surface area contributed by atoms with Crippen LogP contribution in [0.5, 0.6) is 0 Å². The van der Waals surface area contributed by atoms with Crippen LogP contribution in [-0.2, 0) is 0 Å². The van der Waals surface area contributed by atoms with Gasteiger partial charge in [0.05, 0.1) is 12.7 Å². The number of hydrogen-bond donors (Lipinski definition) is 2. The third-order valence-electron chi connectivity index (χ3n) is 2.33. The fourth-order valence-corrected chi connectivity index (χ4v) is 0.815. The Morgan fingerprint density at radius 2 is 1.84 bits per heavy atom. The molecule has 0 heterocycles. The van der Waals surface area contributed by atoms with Crippen molar-refractivity contribution in [1.82, 2.24) is 5.32 Å². The molecule has 2 N–H and O–H groups in total. The molecule has 0 radical (unpaired) electrons. The molecular weight excluding hydrogens is 240 g/mol. The number of aryl methyl sites for hydroxylation is 1. The summed E-state index contributed by atoms with van der Waals surface area (Å²) in [6.45, 7) is 7.47. The van der Waals surface area contributed by atoms with Crippen molar-refractivity contribution < 1.29 is 9.90 Å². The van der Waals surface area contributed by atoms with Gasteiger partial charge in [0.2, 0.25) is 0 Å². The van der Waals surface area contributed by atoms with Gasteiger partial charge < -0.3 is 10.4 Å². The van der Waals surface area contributed by atoms with Gasteiger partial charge in [0, 0.05) is 5.56 Å². The molecule has 0 aliphatic carbocycles. The predicted molar refractivity (Wildman–Crippen MR) is 78.1 cm³/mol. The van der Waals surface area contributed by atoms with E-state index in [1.165, 1.54) is 5.56 Å². The van der Waals surface area contributed by atoms with Crippen molar-refractivity contribution in [2.45, 2.75) is 33.2 Å². The summed E-state index contributed by atoms with van der Waals surface area (Å²) in [6.07, 6.45) is 0.847. The number of aliphatic hydroxyl groups excluding tert-OH is 1. The Kier molecular flexibility index (Phi) is 11.8. The van der Waals surface area contributed by atoms with E-state index in [0.717, 1.165) is 11.8 Å². The number of aldehydes is 1. The fraction of sp³-hybridized carbons (Fsp3) is 0.467. The van der Waals surface area contributed by atoms with Crippen molar-refractivity contribution >= 4 is 6.29 Å². The largest absolute Gasteiger partial charge is 0.393 e. The van der Waals surface area contributed by atoms with Crippen LogP contribution in [0.25, 0.3) is 0 Å². The van der Waals surface area contributed by atoms with E-state index in [0.29, 0.717) is 0 Å². The van der Waals surface area contributed by atoms with Gasteiger partial charge in [0.25, 0.3) is 0 Å². The van der Waals surface area contributed by atoms with Crippen molar-refractivity contribution in [3.8, 4) is 6.07 Å². The van der Waals surface area contributed by atoms with Crippen molar-refractivity contribution in [2.75, 3.05) is 13.7 Å². The number of carbonyl (C=O) groups excluding carboxylic acids is 1. The van der Waals surface area contributed by atoms with Crippen LogP contribution in [-0.4, -0.2) is 30.6 Å². The van der Waals surface area contributed by atoms with Gasteiger partial charge in [-0.15, -0.1) is 0 Å². The number of benzene rings is 1. The molecule has 0 aromatic heterocycles. The Balaban J connectivity index is 0. The molecule has 1 atom stereocenters. The van der Waals surface area contributed by atoms with Crippen LogP contribution in [0.4, 0.5) is 0 Å². The summed E-state index contributed by atoms with van der Waals surface area (Å²) in [7, 11) is 1.64. The lowest BCUT2D eigenvalue weighted by atomic mass is 10.1. The van der Waals surface area contributed by atoms with Gasteiger partial charge in [-0.25, -0.2) is 0 Å². The molecule has 1 rings (SSSR count). The number of carbonyl (C=O) groups is 1. The highest BCUT2D eigenvalue weighted by atomic mass is 16.3. The third kappa shape index (κ3) is 8.95. The Morgan fingerprint density at radius 3 is 2.05 bits per heavy atom. The normalized spacial score (nSPS) is 11.6. The Morgan fingerprint density at radius 1 is 1.37 bits per heavy atom. The standard InChI is InChI=1S/C8H8O.C5H10N2O.C2H6/c1-7-2-4-8(6-9)5-3-7;1-5(3-6,4-8)7-2;1-2/h2-6H,1H3;7-8H,4H2,1-2H3;1-2H3. The smallest absolute Gasteiger partial charge is 0.150 e. The van der Waals surface area contributed by atoms with E-state index in [1.807, 2.05) is 51.1 Å². The summed E-state index contributed by atoms with van der Waals surface area (Å²) < 4.78 is 0. The molecule has 0 saturated heterocycles. The molecule has 0 amide bonds. The van der Waals surface area contributed by atoms with Crippen LogP contribution >= 0.6 is 0 Å². The van der Waals surface area contributed by atoms with Crippen LogP contribution in [0.3, 0.4) is 0 Å². The Hall–Kier alpha value is -1.70. The molecule has 0 aliphatic heterocycles. The second-order valence-electron chi connectivity index (χ2n) is 3.88. The van der Waals surface area contributed by atoms with Crippen molar-refractivity contribution in [3.63, 3.8) is 0 Å². The van der Waals surface area contributed by atoms with Gasteiger partial charge in [-0.3, -0.25) is 4.79 Å². The zero-order chi connectivity index (χ0) is 15.3. The third-order valence-corrected chi connectivity index (χ3v) is 2.33. The van der Waals surface area contributed by atoms with Crippen LogP contribution in [0.1, 0.15) is 36.7 Å². The summed E-state index contributed by atoms with van der Waals surface area (Å²) in [4.78, 5) is 10.1. The molecule has 0 aliphatic rings. The molecule has 0 saturated carbocycles. The lowest BCUT2D eigenvalue weighted by Gasteiger charge is -2.15. The molecule has 0 bridgehead atoms. The second-order valence-corrected chi connectivity index (χ2v) is 3.88. The fourth-order valence-electron chi connectivity index (χ4n) is 0.815. The summed E-state index contributed by atoms with van der Waals surface area (Å²) in [5, 5.41) is 19.5. The maximum absolute atomic E-state index is 10.1. The predicted octanol–water partition coefficient (Wildman–Crippen LogP) is 2.31. The van der Waals surface area contributed by atoms with Crippen LogP contribution < -0.4 is 5.32 Å². The lowest BCUT2D eigenvalue weighted by molar-refractivity contribution is 0.112. The summed E-state index contributed by atoms with van der Waals surface area (Å²) in [5.41, 5.74) is 1.15. The summed E-state index contributed by atoms with van der Waals surface area (Å²) in [5.74, 6) is 0. The summed E-state index contributed by atoms with van der Waals surface area (Å²) >= 11 is 0. The molecular formula is C15H24N2O2. The quantitative estimate of drug-likeness (QED) is 0.822. The van der Waals surface area contributed by atoms with E-state index < -0.39 is 5.54 Å². The first-order chi connectivity index (χ1) is 9.01. The number of nitriles is 1. The lowest BCUT2D eigenvalue weighted by Crippen LogP contribution is -2.41. The number of nitrogens with one attached hydrogen (secondary N) is 1. The number of hydrogen-bond acceptors (Lipinski definition) is 4. The second kappa shape index (κ2) is 11.4. The number of aliphatic hydroxyl groups is 1. The molecule has 0 spiro atoms. The van der Waals surface area contributed by atoms with E-state index in [-0.39, 0.29) is 6.61 Å². The molecule has 19 heavy (non-hydrogen) atoms. The van der Waals surface area contributed by atoms with Crippen molar-refractivity contribution in [3.05, 3.63) is 35.4 Å². The average Bonchev–Trinajstić information content (AvgIpc) is 2.50. The topological polar surface area (TPSA) is 73.1 Å². The molecule has 4 heteroatoms. The SMILES string of the molecule is CC.CNC(C)(C#N)CO.Cc1ccc(C=O)cc1. The van der Waals surface area contributed by atoms with Crippen molar-refractivity contribution in [1.29, 1.82) is 5.26 Å². The number of rotatable bonds is 3. The van der Waals surface area contributed by atoms with Gasteiger partial charge in [-0.1, -0.05) is 43.7 Å². The van der Waals surface area contributed by atoms with E-state index in [2.05, 4.69) is 5.32 Å². The summed E-state index contributed by atoms with van der Waals surface area (Å²) in [6, 6.07) is 9.37.